The highest BCUT2D eigenvalue weighted by molar-refractivity contribution is 7.79. The monoisotopic (exact) mass is 479 g/mol. The van der Waals surface area contributed by atoms with Crippen LogP contribution in [0.2, 0.25) is 0 Å². The second-order valence-corrected chi connectivity index (χ2v) is 11.2. The Morgan fingerprint density at radius 1 is 0.824 bits per heavy atom. The van der Waals surface area contributed by atoms with Gasteiger partial charge in [0.2, 0.25) is 5.75 Å². The van der Waals surface area contributed by atoms with Crippen LogP contribution in [0.5, 0.6) is 17.2 Å². The number of benzene rings is 3. The number of ether oxygens (including phenoxy) is 3. The standard InChI is InChI=1S/C27H30NO5P/c1-31-23-18-20(19-24(32-2)26(23)33-3)27(29)28-17-11-10-16-25(28)34(30,21-12-6-4-7-13-21)22-14-8-5-9-15-22/h4-9,12-15,18-19,25H,10-11,16-17H2,1-3H3. The van der Waals surface area contributed by atoms with E-state index in [0.717, 1.165) is 23.5 Å². The van der Waals surface area contributed by atoms with E-state index in [2.05, 4.69) is 0 Å². The van der Waals surface area contributed by atoms with Gasteiger partial charge >= 0.3 is 0 Å². The summed E-state index contributed by atoms with van der Waals surface area (Å²) in [7, 11) is 1.41. The Balaban J connectivity index is 1.82. The Bertz CT molecular complexity index is 1110. The number of piperidine rings is 1. The first-order valence-electron chi connectivity index (χ1n) is 11.4. The lowest BCUT2D eigenvalue weighted by Crippen LogP contribution is -2.46. The van der Waals surface area contributed by atoms with Gasteiger partial charge in [0.05, 0.1) is 27.1 Å². The maximum atomic E-state index is 15.0. The first-order chi connectivity index (χ1) is 16.5. The van der Waals surface area contributed by atoms with Gasteiger partial charge in [-0.3, -0.25) is 4.79 Å². The van der Waals surface area contributed by atoms with Gasteiger partial charge in [-0.2, -0.15) is 0 Å². The van der Waals surface area contributed by atoms with Gasteiger partial charge < -0.3 is 23.7 Å². The van der Waals surface area contributed by atoms with E-state index >= 15 is 4.57 Å². The van der Waals surface area contributed by atoms with Crippen LogP contribution in [0.1, 0.15) is 29.6 Å². The highest BCUT2D eigenvalue weighted by Gasteiger charge is 2.43. The van der Waals surface area contributed by atoms with Crippen molar-refractivity contribution < 1.29 is 23.6 Å². The fourth-order valence-corrected chi connectivity index (χ4v) is 8.07. The Morgan fingerprint density at radius 3 is 1.82 bits per heavy atom. The number of hydrogen-bond acceptors (Lipinski definition) is 5. The summed E-state index contributed by atoms with van der Waals surface area (Å²) in [5.41, 5.74) is 0.411. The number of hydrogen-bond donors (Lipinski definition) is 0. The number of nitrogens with zero attached hydrogens (tertiary/aromatic N) is 1. The lowest BCUT2D eigenvalue weighted by Gasteiger charge is -2.41. The highest BCUT2D eigenvalue weighted by Crippen LogP contribution is 2.53. The summed E-state index contributed by atoms with van der Waals surface area (Å²) >= 11 is 0. The minimum Gasteiger partial charge on any atom is -0.493 e. The molecule has 0 N–H and O–H groups in total. The summed E-state index contributed by atoms with van der Waals surface area (Å²) < 4.78 is 31.3. The number of rotatable bonds is 7. The molecule has 0 aliphatic carbocycles. The van der Waals surface area contributed by atoms with Gasteiger partial charge in [0, 0.05) is 22.7 Å². The first kappa shape index (κ1) is 23.9. The second-order valence-electron chi connectivity index (χ2n) is 8.22. The summed E-state index contributed by atoms with van der Waals surface area (Å²) in [5, 5.41) is 1.52. The van der Waals surface area contributed by atoms with Crippen molar-refractivity contribution in [3.8, 4) is 17.2 Å². The van der Waals surface area contributed by atoms with Crippen LogP contribution in [0.15, 0.2) is 72.8 Å². The molecule has 6 nitrogen and oxygen atoms in total. The van der Waals surface area contributed by atoms with Gasteiger partial charge in [-0.1, -0.05) is 60.7 Å². The largest absolute Gasteiger partial charge is 0.493 e. The molecule has 1 unspecified atom stereocenters. The average molecular weight is 480 g/mol. The molecule has 34 heavy (non-hydrogen) atoms. The topological polar surface area (TPSA) is 65.1 Å². The molecule has 0 aromatic heterocycles. The second kappa shape index (κ2) is 10.4. The van der Waals surface area contributed by atoms with Crippen molar-refractivity contribution in [3.05, 3.63) is 78.4 Å². The molecule has 3 aromatic carbocycles. The van der Waals surface area contributed by atoms with Crippen molar-refractivity contribution >= 4 is 23.7 Å². The molecule has 0 spiro atoms. The third kappa shape index (κ3) is 4.30. The lowest BCUT2D eigenvalue weighted by atomic mass is 10.1. The number of carbonyl (C=O) groups excluding carboxylic acids is 1. The van der Waals surface area contributed by atoms with Gasteiger partial charge in [0.15, 0.2) is 18.6 Å². The predicted octanol–water partition coefficient (Wildman–Crippen LogP) is 4.68. The summed E-state index contributed by atoms with van der Waals surface area (Å²) in [6.07, 6.45) is 2.43. The van der Waals surface area contributed by atoms with Gasteiger partial charge in [-0.05, 0) is 31.4 Å². The normalized spacial score (nSPS) is 16.1. The molecule has 0 radical (unpaired) electrons. The van der Waals surface area contributed by atoms with Crippen LogP contribution in [0, 0.1) is 0 Å². The van der Waals surface area contributed by atoms with Crippen LogP contribution in [0.4, 0.5) is 0 Å². The molecule has 1 aliphatic rings. The molecule has 178 valence electrons. The Morgan fingerprint density at radius 2 is 1.35 bits per heavy atom. The fourth-order valence-electron chi connectivity index (χ4n) is 4.69. The molecule has 4 rings (SSSR count). The molecule has 1 fully saturated rings. The minimum absolute atomic E-state index is 0.198. The van der Waals surface area contributed by atoms with Crippen molar-refractivity contribution in [2.24, 2.45) is 0 Å². The molecule has 7 heteroatoms. The quantitative estimate of drug-likeness (QED) is 0.461. The fraction of sp³-hybridized carbons (Fsp3) is 0.296. The maximum Gasteiger partial charge on any atom is 0.254 e. The Labute approximate surface area is 200 Å². The Hall–Kier alpha value is -3.24. The maximum absolute atomic E-state index is 15.0. The van der Waals surface area contributed by atoms with Crippen molar-refractivity contribution in [1.29, 1.82) is 0 Å². The Kier molecular flexibility index (Phi) is 7.28. The number of amides is 1. The van der Waals surface area contributed by atoms with E-state index in [1.54, 1.807) is 17.0 Å². The molecular weight excluding hydrogens is 449 g/mol. The molecular formula is C27H30NO5P. The van der Waals surface area contributed by atoms with Crippen molar-refractivity contribution in [1.82, 2.24) is 4.90 Å². The van der Waals surface area contributed by atoms with Crippen molar-refractivity contribution in [2.75, 3.05) is 27.9 Å². The summed E-state index contributed by atoms with van der Waals surface area (Å²) in [5.74, 6) is 0.603. The van der Waals surface area contributed by atoms with Crippen LogP contribution in [-0.4, -0.2) is 44.5 Å². The first-order valence-corrected chi connectivity index (χ1v) is 13.1. The zero-order valence-corrected chi connectivity index (χ0v) is 20.7. The van der Waals surface area contributed by atoms with E-state index in [0.29, 0.717) is 35.8 Å². The SMILES string of the molecule is COc1cc(C(=O)N2CCCCC2P(=O)(c2ccccc2)c2ccccc2)cc(OC)c1OC. The van der Waals surface area contributed by atoms with E-state index in [4.69, 9.17) is 14.2 Å². The third-order valence-electron chi connectivity index (χ3n) is 6.34. The van der Waals surface area contributed by atoms with Gasteiger partial charge in [-0.15, -0.1) is 0 Å². The zero-order valence-electron chi connectivity index (χ0n) is 19.8. The number of methoxy groups -OCH3 is 3. The third-order valence-corrected chi connectivity index (χ3v) is 9.85. The number of carbonyl (C=O) groups is 1. The van der Waals surface area contributed by atoms with Crippen molar-refractivity contribution in [2.45, 2.75) is 25.0 Å². The molecule has 1 saturated heterocycles. The van der Waals surface area contributed by atoms with Crippen LogP contribution in [0.25, 0.3) is 0 Å². The van der Waals surface area contributed by atoms with E-state index in [1.807, 2.05) is 60.7 Å². The molecule has 3 aromatic rings. The zero-order chi connectivity index (χ0) is 24.1. The highest BCUT2D eigenvalue weighted by atomic mass is 31.2. The average Bonchev–Trinajstić information content (AvgIpc) is 2.92. The predicted molar refractivity (Wildman–Crippen MR) is 135 cm³/mol. The summed E-state index contributed by atoms with van der Waals surface area (Å²) in [6.45, 7) is 0.532. The van der Waals surface area contributed by atoms with E-state index in [9.17, 15) is 4.79 Å². The molecule has 0 bridgehead atoms. The summed E-state index contributed by atoms with van der Waals surface area (Å²) in [4.78, 5) is 15.7. The molecule has 1 amide bonds. The minimum atomic E-state index is -3.16. The van der Waals surface area contributed by atoms with Crippen LogP contribution >= 0.6 is 7.14 Å². The molecule has 1 atom stereocenters. The smallest absolute Gasteiger partial charge is 0.254 e. The van der Waals surface area contributed by atoms with E-state index in [1.165, 1.54) is 21.3 Å². The van der Waals surface area contributed by atoms with Crippen LogP contribution < -0.4 is 24.8 Å². The van der Waals surface area contributed by atoms with Gasteiger partial charge in [0.25, 0.3) is 5.91 Å². The molecule has 1 heterocycles. The van der Waals surface area contributed by atoms with Crippen LogP contribution in [0.3, 0.4) is 0 Å². The molecule has 1 aliphatic heterocycles. The van der Waals surface area contributed by atoms with E-state index in [-0.39, 0.29) is 5.91 Å². The lowest BCUT2D eigenvalue weighted by molar-refractivity contribution is 0.0689. The van der Waals surface area contributed by atoms with E-state index < -0.39 is 12.9 Å². The number of likely N-dealkylation sites (tertiary alicyclic amines) is 1. The van der Waals surface area contributed by atoms with Crippen molar-refractivity contribution in [3.63, 3.8) is 0 Å². The molecule has 0 saturated carbocycles. The van der Waals surface area contributed by atoms with Gasteiger partial charge in [-0.25, -0.2) is 0 Å². The van der Waals surface area contributed by atoms with Gasteiger partial charge in [0.1, 0.15) is 0 Å². The van der Waals surface area contributed by atoms with Crippen LogP contribution in [-0.2, 0) is 4.57 Å². The summed E-state index contributed by atoms with van der Waals surface area (Å²) in [6, 6.07) is 22.4.